The van der Waals surface area contributed by atoms with Crippen molar-refractivity contribution in [2.75, 3.05) is 0 Å². The number of aromatic nitrogens is 2. The topological polar surface area (TPSA) is 57.5 Å². The summed E-state index contributed by atoms with van der Waals surface area (Å²) in [5.41, 5.74) is 8.93. The lowest BCUT2D eigenvalue weighted by molar-refractivity contribution is 0.575. The molecule has 2 N–H and O–H groups in total. The first-order chi connectivity index (χ1) is 21.8. The summed E-state index contributed by atoms with van der Waals surface area (Å²) in [6.07, 6.45) is -0.475. The van der Waals surface area contributed by atoms with Crippen molar-refractivity contribution in [2.24, 2.45) is 9.98 Å². The number of nitrogens with one attached hydrogen (secondary N) is 2. The Hall–Kier alpha value is -5.94. The number of hydrogen-bond acceptors (Lipinski definition) is 3. The zero-order valence-corrected chi connectivity index (χ0v) is 23.8. The molecule has 0 saturated carbocycles. The van der Waals surface area contributed by atoms with Crippen LogP contribution in [0.3, 0.4) is 0 Å². The fourth-order valence-corrected chi connectivity index (χ4v) is 6.50. The lowest BCUT2D eigenvalue weighted by atomic mass is 10.0. The van der Waals surface area contributed by atoms with Crippen molar-refractivity contribution in [1.29, 1.82) is 0 Å². The molecule has 9 rings (SSSR count). The van der Waals surface area contributed by atoms with Gasteiger partial charge in [0.25, 0.3) is 0 Å². The van der Waals surface area contributed by atoms with E-state index in [2.05, 4.69) is 124 Å². The Morgan fingerprint density at radius 2 is 0.977 bits per heavy atom. The number of para-hydroxylation sites is 2. The molecule has 6 aromatic carbocycles. The van der Waals surface area contributed by atoms with Gasteiger partial charge in [-0.3, -0.25) is 4.57 Å². The Kier molecular flexibility index (Phi) is 5.50. The van der Waals surface area contributed by atoms with E-state index in [1.54, 1.807) is 0 Å². The first-order valence-electron chi connectivity index (χ1n) is 14.9. The summed E-state index contributed by atoms with van der Waals surface area (Å²) in [7, 11) is 0. The van der Waals surface area contributed by atoms with Crippen molar-refractivity contribution in [2.45, 2.75) is 6.29 Å². The molecule has 0 spiro atoms. The molecule has 208 valence electrons. The Labute approximate surface area is 253 Å². The molecule has 0 saturated heterocycles. The largest absolute Gasteiger partial charge is 0.355 e. The molecule has 2 aromatic heterocycles. The third-order valence-electron chi connectivity index (χ3n) is 8.60. The maximum absolute atomic E-state index is 5.19. The van der Waals surface area contributed by atoms with Crippen LogP contribution >= 0.6 is 0 Å². The zero-order valence-electron chi connectivity index (χ0n) is 23.8. The van der Waals surface area contributed by atoms with Crippen LogP contribution in [-0.4, -0.2) is 21.2 Å². The van der Waals surface area contributed by atoms with Gasteiger partial charge in [-0.15, -0.1) is 0 Å². The Morgan fingerprint density at radius 3 is 1.70 bits per heavy atom. The van der Waals surface area contributed by atoms with E-state index in [1.807, 2.05) is 36.4 Å². The van der Waals surface area contributed by atoms with Gasteiger partial charge in [0.05, 0.1) is 11.0 Å². The second-order valence-corrected chi connectivity index (χ2v) is 11.2. The summed E-state index contributed by atoms with van der Waals surface area (Å²) >= 11 is 0. The van der Waals surface area contributed by atoms with E-state index in [-0.39, 0.29) is 0 Å². The summed E-state index contributed by atoms with van der Waals surface area (Å²) in [5.74, 6) is 1.61. The van der Waals surface area contributed by atoms with E-state index in [1.165, 1.54) is 32.7 Å². The Balaban J connectivity index is 1.23. The average molecular weight is 566 g/mol. The van der Waals surface area contributed by atoms with Crippen LogP contribution in [-0.2, 0) is 0 Å². The molecule has 0 aliphatic carbocycles. The van der Waals surface area contributed by atoms with E-state index in [4.69, 9.17) is 9.98 Å². The summed E-state index contributed by atoms with van der Waals surface area (Å²) in [5, 5.41) is 8.36. The van der Waals surface area contributed by atoms with Gasteiger partial charge < -0.3 is 10.3 Å². The third-order valence-corrected chi connectivity index (χ3v) is 8.60. The molecule has 44 heavy (non-hydrogen) atoms. The Morgan fingerprint density at radius 1 is 0.432 bits per heavy atom. The van der Waals surface area contributed by atoms with Crippen LogP contribution in [0.15, 0.2) is 156 Å². The SMILES string of the molecule is c1ccc(C2=NC(n3c4ccccc4c4cc(-c5ccc6[nH]c7ccccc7c6c5)ccc43)N=C(c3ccccc3)N2)cc1. The number of nitrogens with zero attached hydrogens (tertiary/aromatic N) is 3. The van der Waals surface area contributed by atoms with Gasteiger partial charge in [-0.05, 0) is 47.5 Å². The van der Waals surface area contributed by atoms with Gasteiger partial charge in [0, 0.05) is 43.7 Å². The molecule has 0 fully saturated rings. The maximum atomic E-state index is 5.19. The molecule has 8 aromatic rings. The van der Waals surface area contributed by atoms with E-state index < -0.39 is 6.29 Å². The van der Waals surface area contributed by atoms with Crippen LogP contribution in [0.1, 0.15) is 17.4 Å². The molecule has 1 aliphatic rings. The molecule has 5 nitrogen and oxygen atoms in total. The van der Waals surface area contributed by atoms with E-state index in [9.17, 15) is 0 Å². The molecule has 0 bridgehead atoms. The molecule has 0 unspecified atom stereocenters. The highest BCUT2D eigenvalue weighted by Gasteiger charge is 2.24. The van der Waals surface area contributed by atoms with Gasteiger partial charge in [0.2, 0.25) is 6.29 Å². The third kappa shape index (κ3) is 3.94. The van der Waals surface area contributed by atoms with E-state index in [0.29, 0.717) is 0 Å². The lowest BCUT2D eigenvalue weighted by Crippen LogP contribution is -2.36. The molecule has 0 atom stereocenters. The van der Waals surface area contributed by atoms with Crippen LogP contribution in [0, 0.1) is 0 Å². The van der Waals surface area contributed by atoms with Crippen LogP contribution < -0.4 is 5.32 Å². The van der Waals surface area contributed by atoms with Crippen molar-refractivity contribution in [3.63, 3.8) is 0 Å². The van der Waals surface area contributed by atoms with Gasteiger partial charge in [-0.1, -0.05) is 109 Å². The number of rotatable bonds is 4. The van der Waals surface area contributed by atoms with Crippen LogP contribution in [0.5, 0.6) is 0 Å². The number of fused-ring (bicyclic) bond motifs is 6. The van der Waals surface area contributed by atoms with Gasteiger partial charge in [0.15, 0.2) is 0 Å². The smallest absolute Gasteiger partial charge is 0.224 e. The summed E-state index contributed by atoms with van der Waals surface area (Å²) in [6, 6.07) is 51.1. The highest BCUT2D eigenvalue weighted by atomic mass is 15.3. The fourth-order valence-electron chi connectivity index (χ4n) is 6.50. The van der Waals surface area contributed by atoms with Crippen molar-refractivity contribution in [1.82, 2.24) is 14.9 Å². The molecule has 3 heterocycles. The first-order valence-corrected chi connectivity index (χ1v) is 14.9. The predicted molar refractivity (Wildman–Crippen MR) is 182 cm³/mol. The normalized spacial score (nSPS) is 13.8. The maximum Gasteiger partial charge on any atom is 0.224 e. The summed E-state index contributed by atoms with van der Waals surface area (Å²) in [4.78, 5) is 13.9. The molecule has 0 amide bonds. The van der Waals surface area contributed by atoms with Crippen LogP contribution in [0.4, 0.5) is 0 Å². The molecular weight excluding hydrogens is 538 g/mol. The molecule has 0 radical (unpaired) electrons. The number of benzene rings is 6. The van der Waals surface area contributed by atoms with Crippen LogP contribution in [0.25, 0.3) is 54.7 Å². The standard InChI is InChI=1S/C39H27N5/c1-3-11-25(12-4-1)37-41-38(26-13-5-2-6-14-26)43-39(42-37)44-35-18-10-8-16-30(35)32-24-28(20-22-36(32)44)27-19-21-34-31(23-27)29-15-7-9-17-33(29)40-34/h1-24,39-40H,(H,41,42,43). The number of H-pyrrole nitrogens is 1. The van der Waals surface area contributed by atoms with Crippen molar-refractivity contribution >= 4 is 55.3 Å². The number of aliphatic imine (C=N–C) groups is 2. The highest BCUT2D eigenvalue weighted by molar-refractivity contribution is 6.16. The minimum absolute atomic E-state index is 0.475. The van der Waals surface area contributed by atoms with E-state index >= 15 is 0 Å². The van der Waals surface area contributed by atoms with Crippen molar-refractivity contribution in [3.8, 4) is 11.1 Å². The molecule has 5 heteroatoms. The van der Waals surface area contributed by atoms with Gasteiger partial charge in [-0.25, -0.2) is 9.98 Å². The van der Waals surface area contributed by atoms with Crippen LogP contribution in [0.2, 0.25) is 0 Å². The van der Waals surface area contributed by atoms with Gasteiger partial charge in [0.1, 0.15) is 11.7 Å². The van der Waals surface area contributed by atoms with Crippen molar-refractivity contribution < 1.29 is 0 Å². The lowest BCUT2D eigenvalue weighted by Gasteiger charge is -2.24. The quantitative estimate of drug-likeness (QED) is 0.220. The minimum Gasteiger partial charge on any atom is -0.355 e. The predicted octanol–water partition coefficient (Wildman–Crippen LogP) is 9.05. The monoisotopic (exact) mass is 565 g/mol. The first kappa shape index (κ1) is 24.6. The van der Waals surface area contributed by atoms with Gasteiger partial charge >= 0.3 is 0 Å². The summed E-state index contributed by atoms with van der Waals surface area (Å²) < 4.78 is 2.27. The molecular formula is C39H27N5. The Bertz CT molecular complexity index is 2360. The van der Waals surface area contributed by atoms with Crippen molar-refractivity contribution in [3.05, 3.63) is 157 Å². The zero-order chi connectivity index (χ0) is 29.0. The van der Waals surface area contributed by atoms with Gasteiger partial charge in [-0.2, -0.15) is 0 Å². The number of amidine groups is 2. The highest BCUT2D eigenvalue weighted by Crippen LogP contribution is 2.37. The summed E-state index contributed by atoms with van der Waals surface area (Å²) in [6.45, 7) is 0. The average Bonchev–Trinajstić information content (AvgIpc) is 3.64. The molecule has 1 aliphatic heterocycles. The fraction of sp³-hybridized carbons (Fsp3) is 0.0256. The van der Waals surface area contributed by atoms with E-state index in [0.717, 1.165) is 44.9 Å². The number of hydrogen-bond donors (Lipinski definition) is 2. The minimum atomic E-state index is -0.475. The second kappa shape index (κ2) is 9.82. The second-order valence-electron chi connectivity index (χ2n) is 11.2. The number of aromatic amines is 1.